The Morgan fingerprint density at radius 3 is 2.52 bits per heavy atom. The maximum atomic E-state index is 5.88. The van der Waals surface area contributed by atoms with E-state index in [1.165, 1.54) is 5.52 Å². The van der Waals surface area contributed by atoms with Gasteiger partial charge in [-0.1, -0.05) is 23.7 Å². The summed E-state index contributed by atoms with van der Waals surface area (Å²) in [5, 5.41) is 0.713. The van der Waals surface area contributed by atoms with Crippen molar-refractivity contribution in [2.24, 2.45) is 0 Å². The molecule has 21 heavy (non-hydrogen) atoms. The Balaban J connectivity index is 1.89. The quantitative estimate of drug-likeness (QED) is 0.716. The second-order valence-electron chi connectivity index (χ2n) is 5.30. The summed E-state index contributed by atoms with van der Waals surface area (Å²) in [6.07, 6.45) is 0. The monoisotopic (exact) mass is 301 g/mol. The van der Waals surface area contributed by atoms with E-state index in [4.69, 9.17) is 16.3 Å². The van der Waals surface area contributed by atoms with Gasteiger partial charge < -0.3 is 4.74 Å². The molecule has 4 heteroatoms. The van der Waals surface area contributed by atoms with Gasteiger partial charge in [-0.25, -0.2) is 9.55 Å². The highest BCUT2D eigenvalue weighted by Crippen LogP contribution is 2.17. The van der Waals surface area contributed by atoms with Crippen molar-refractivity contribution >= 4 is 22.6 Å². The highest BCUT2D eigenvalue weighted by Gasteiger charge is 2.20. The number of aromatic amines is 1. The number of benzene rings is 2. The third-order valence-electron chi connectivity index (χ3n) is 3.44. The molecule has 0 amide bonds. The van der Waals surface area contributed by atoms with E-state index in [2.05, 4.69) is 41.6 Å². The minimum atomic E-state index is 0.366. The standard InChI is InChI=1S/C17H17ClN2O/c1-12(2)20-16-6-4-3-5-15(16)19-17(20)11-21-14-9-7-13(18)8-10-14/h3-10,12H,11H2,1-2H3/p+1. The van der Waals surface area contributed by atoms with E-state index in [-0.39, 0.29) is 0 Å². The number of para-hydroxylation sites is 2. The Bertz CT molecular complexity index is 747. The molecule has 0 fully saturated rings. The molecule has 1 N–H and O–H groups in total. The number of halogens is 1. The number of imidazole rings is 1. The van der Waals surface area contributed by atoms with Crippen LogP contribution in [0.5, 0.6) is 5.75 Å². The predicted octanol–water partition coefficient (Wildman–Crippen LogP) is 4.27. The third kappa shape index (κ3) is 2.88. The SMILES string of the molecule is CC(C)[n+]1c(COc2ccc(Cl)cc2)[nH]c2ccccc21. The molecular weight excluding hydrogens is 284 g/mol. The molecule has 3 aromatic rings. The molecule has 1 heterocycles. The second kappa shape index (κ2) is 5.78. The van der Waals surface area contributed by atoms with Gasteiger partial charge in [0.25, 0.3) is 5.82 Å². The lowest BCUT2D eigenvalue weighted by molar-refractivity contribution is -0.699. The molecule has 3 nitrogen and oxygen atoms in total. The summed E-state index contributed by atoms with van der Waals surface area (Å²) in [5.74, 6) is 1.87. The molecule has 0 aliphatic heterocycles. The first-order chi connectivity index (χ1) is 10.1. The van der Waals surface area contributed by atoms with Crippen LogP contribution in [0.1, 0.15) is 25.7 Å². The lowest BCUT2D eigenvalue weighted by atomic mass is 10.3. The molecule has 0 radical (unpaired) electrons. The van der Waals surface area contributed by atoms with Crippen molar-refractivity contribution in [2.45, 2.75) is 26.5 Å². The Morgan fingerprint density at radius 1 is 1.10 bits per heavy atom. The van der Waals surface area contributed by atoms with Gasteiger partial charge in [0.2, 0.25) is 0 Å². The molecule has 0 unspecified atom stereocenters. The van der Waals surface area contributed by atoms with Gasteiger partial charge in [-0.15, -0.1) is 0 Å². The summed E-state index contributed by atoms with van der Waals surface area (Å²) < 4.78 is 8.13. The lowest BCUT2D eigenvalue weighted by Gasteiger charge is -2.07. The van der Waals surface area contributed by atoms with Crippen LogP contribution in [0.15, 0.2) is 48.5 Å². The van der Waals surface area contributed by atoms with Gasteiger partial charge in [0.15, 0.2) is 17.6 Å². The van der Waals surface area contributed by atoms with E-state index in [0.717, 1.165) is 17.1 Å². The zero-order valence-corrected chi connectivity index (χ0v) is 12.9. The maximum absolute atomic E-state index is 5.88. The number of fused-ring (bicyclic) bond motifs is 1. The van der Waals surface area contributed by atoms with Crippen molar-refractivity contribution < 1.29 is 9.30 Å². The van der Waals surface area contributed by atoms with Gasteiger partial charge in [0.1, 0.15) is 5.75 Å². The molecule has 108 valence electrons. The number of nitrogens with one attached hydrogen (secondary N) is 1. The highest BCUT2D eigenvalue weighted by atomic mass is 35.5. The van der Waals surface area contributed by atoms with Gasteiger partial charge in [-0.2, -0.15) is 0 Å². The largest absolute Gasteiger partial charge is 0.481 e. The first kappa shape index (κ1) is 14.0. The minimum Gasteiger partial charge on any atom is -0.481 e. The van der Waals surface area contributed by atoms with E-state index in [1.807, 2.05) is 30.3 Å². The number of nitrogens with zero attached hydrogens (tertiary/aromatic N) is 1. The van der Waals surface area contributed by atoms with Gasteiger partial charge >= 0.3 is 0 Å². The van der Waals surface area contributed by atoms with E-state index in [0.29, 0.717) is 17.7 Å². The van der Waals surface area contributed by atoms with E-state index in [1.54, 1.807) is 0 Å². The third-order valence-corrected chi connectivity index (χ3v) is 3.69. The van der Waals surface area contributed by atoms with Crippen LogP contribution in [0, 0.1) is 0 Å². The van der Waals surface area contributed by atoms with Crippen molar-refractivity contribution in [2.75, 3.05) is 0 Å². The predicted molar refractivity (Wildman–Crippen MR) is 84.7 cm³/mol. The van der Waals surface area contributed by atoms with Crippen LogP contribution < -0.4 is 9.30 Å². The fourth-order valence-corrected chi connectivity index (χ4v) is 2.65. The van der Waals surface area contributed by atoms with Crippen molar-refractivity contribution in [1.29, 1.82) is 0 Å². The lowest BCUT2D eigenvalue weighted by Crippen LogP contribution is -2.39. The van der Waals surface area contributed by atoms with Gasteiger partial charge in [-0.05, 0) is 50.2 Å². The number of rotatable bonds is 4. The zero-order valence-electron chi connectivity index (χ0n) is 12.1. The van der Waals surface area contributed by atoms with Crippen molar-refractivity contribution in [1.82, 2.24) is 4.98 Å². The molecule has 0 bridgehead atoms. The number of hydrogen-bond donors (Lipinski definition) is 1. The average Bonchev–Trinajstić information content (AvgIpc) is 2.85. The first-order valence-electron chi connectivity index (χ1n) is 7.04. The Kier molecular flexibility index (Phi) is 3.84. The minimum absolute atomic E-state index is 0.366. The van der Waals surface area contributed by atoms with Crippen LogP contribution in [-0.4, -0.2) is 4.98 Å². The molecule has 0 saturated carbocycles. The summed E-state index contributed by atoms with van der Waals surface area (Å²) in [6, 6.07) is 16.1. The average molecular weight is 302 g/mol. The topological polar surface area (TPSA) is 28.9 Å². The van der Waals surface area contributed by atoms with Crippen molar-refractivity contribution in [3.8, 4) is 5.75 Å². The normalized spacial score (nSPS) is 11.2. The molecular formula is C17H18ClN2O+. The zero-order chi connectivity index (χ0) is 14.8. The smallest absolute Gasteiger partial charge is 0.293 e. The molecule has 1 aromatic heterocycles. The van der Waals surface area contributed by atoms with Crippen molar-refractivity contribution in [3.63, 3.8) is 0 Å². The summed E-state index contributed by atoms with van der Waals surface area (Å²) in [5.41, 5.74) is 2.32. The van der Waals surface area contributed by atoms with E-state index in [9.17, 15) is 0 Å². The fraction of sp³-hybridized carbons (Fsp3) is 0.235. The molecule has 0 saturated heterocycles. The number of H-pyrrole nitrogens is 1. The first-order valence-corrected chi connectivity index (χ1v) is 7.42. The second-order valence-corrected chi connectivity index (χ2v) is 5.73. The Morgan fingerprint density at radius 2 is 1.81 bits per heavy atom. The van der Waals surface area contributed by atoms with Gasteiger partial charge in [-0.3, -0.25) is 0 Å². The Labute approximate surface area is 129 Å². The van der Waals surface area contributed by atoms with E-state index < -0.39 is 0 Å². The highest BCUT2D eigenvalue weighted by molar-refractivity contribution is 6.30. The molecule has 3 rings (SSSR count). The van der Waals surface area contributed by atoms with Crippen LogP contribution in [0.25, 0.3) is 11.0 Å². The van der Waals surface area contributed by atoms with Crippen LogP contribution in [0.3, 0.4) is 0 Å². The van der Waals surface area contributed by atoms with E-state index >= 15 is 0 Å². The Hall–Kier alpha value is -2.00. The molecule has 0 aliphatic carbocycles. The fourth-order valence-electron chi connectivity index (χ4n) is 2.53. The van der Waals surface area contributed by atoms with Crippen molar-refractivity contribution in [3.05, 3.63) is 59.4 Å². The number of ether oxygens (including phenoxy) is 1. The molecule has 0 aliphatic rings. The number of hydrogen-bond acceptors (Lipinski definition) is 1. The van der Waals surface area contributed by atoms with Gasteiger partial charge in [0.05, 0.1) is 6.04 Å². The number of aromatic nitrogens is 2. The summed E-state index contributed by atoms with van der Waals surface area (Å²) in [6.45, 7) is 4.84. The molecule has 0 atom stereocenters. The molecule has 2 aromatic carbocycles. The van der Waals surface area contributed by atoms with Crippen LogP contribution in [-0.2, 0) is 6.61 Å². The van der Waals surface area contributed by atoms with Gasteiger partial charge in [0, 0.05) is 5.02 Å². The summed E-state index contributed by atoms with van der Waals surface area (Å²) in [7, 11) is 0. The van der Waals surface area contributed by atoms with Crippen LogP contribution >= 0.6 is 11.6 Å². The molecule has 0 spiro atoms. The van der Waals surface area contributed by atoms with Crippen LogP contribution in [0.4, 0.5) is 0 Å². The van der Waals surface area contributed by atoms with Crippen LogP contribution in [0.2, 0.25) is 5.02 Å². The summed E-state index contributed by atoms with van der Waals surface area (Å²) in [4.78, 5) is 3.44. The maximum Gasteiger partial charge on any atom is 0.293 e. The summed E-state index contributed by atoms with van der Waals surface area (Å²) >= 11 is 5.88.